The van der Waals surface area contributed by atoms with Gasteiger partial charge in [0.15, 0.2) is 19.1 Å². The van der Waals surface area contributed by atoms with Gasteiger partial charge >= 0.3 is 0 Å². The van der Waals surface area contributed by atoms with Gasteiger partial charge in [0.05, 0.1) is 0 Å². The summed E-state index contributed by atoms with van der Waals surface area (Å²) < 4.78 is 8.56. The lowest BCUT2D eigenvalue weighted by molar-refractivity contribution is -0.191. The van der Waals surface area contributed by atoms with E-state index < -0.39 is 0 Å². The third-order valence-electron chi connectivity index (χ3n) is 0.220. The van der Waals surface area contributed by atoms with E-state index in [0.29, 0.717) is 0 Å². The molecule has 5 heavy (non-hydrogen) atoms. The van der Waals surface area contributed by atoms with E-state index >= 15 is 0 Å². The van der Waals surface area contributed by atoms with Crippen LogP contribution >= 0.6 is 12.3 Å². The molecule has 0 aromatic rings. The fraction of sp³-hybridized carbons (Fsp3) is 1.00. The fourth-order valence-corrected chi connectivity index (χ4v) is 0.295. The molecule has 30 valence electrons. The second-order valence-corrected chi connectivity index (χ2v) is 0.998. The SMILES string of the molecule is C1OOSO1. The molecule has 1 rings (SSSR count). The van der Waals surface area contributed by atoms with Gasteiger partial charge in [-0.2, -0.15) is 4.89 Å². The van der Waals surface area contributed by atoms with Gasteiger partial charge in [0.2, 0.25) is 0 Å². The van der Waals surface area contributed by atoms with Crippen LogP contribution in [-0.4, -0.2) is 6.79 Å². The highest BCUT2D eigenvalue weighted by molar-refractivity contribution is 7.89. The molecular weight excluding hydrogens is 92.1 g/mol. The van der Waals surface area contributed by atoms with Crippen molar-refractivity contribution in [2.24, 2.45) is 0 Å². The fourth-order valence-electron chi connectivity index (χ4n) is 0.0982. The van der Waals surface area contributed by atoms with Crippen LogP contribution in [0.5, 0.6) is 0 Å². The Kier molecular flexibility index (Phi) is 1.10. The molecule has 1 fully saturated rings. The zero-order chi connectivity index (χ0) is 3.54. The van der Waals surface area contributed by atoms with E-state index in [0.717, 1.165) is 12.3 Å². The molecule has 0 aromatic heterocycles. The first-order chi connectivity index (χ1) is 2.50. The Hall–Kier alpha value is 0.230. The van der Waals surface area contributed by atoms with Crippen LogP contribution in [0.1, 0.15) is 0 Å². The molecule has 1 aliphatic heterocycles. The first-order valence-corrected chi connectivity index (χ1v) is 1.74. The molecule has 0 saturated carbocycles. The van der Waals surface area contributed by atoms with Crippen LogP contribution in [0.25, 0.3) is 0 Å². The Morgan fingerprint density at radius 3 is 2.80 bits per heavy atom. The highest BCUT2D eigenvalue weighted by atomic mass is 32.2. The first kappa shape index (κ1) is 3.42. The molecule has 0 bridgehead atoms. The second-order valence-electron chi connectivity index (χ2n) is 0.490. The molecule has 0 aromatic carbocycles. The van der Waals surface area contributed by atoms with Crippen LogP contribution in [-0.2, 0) is 13.4 Å². The van der Waals surface area contributed by atoms with Crippen molar-refractivity contribution >= 4 is 12.3 Å². The molecule has 0 aliphatic carbocycles. The maximum Gasteiger partial charge on any atom is 0.197 e. The molecule has 3 nitrogen and oxygen atoms in total. The number of rotatable bonds is 0. The topological polar surface area (TPSA) is 27.7 Å². The molecule has 1 heterocycles. The van der Waals surface area contributed by atoms with E-state index in [2.05, 4.69) is 13.4 Å². The summed E-state index contributed by atoms with van der Waals surface area (Å²) in [5.41, 5.74) is 0. The van der Waals surface area contributed by atoms with Gasteiger partial charge in [0.25, 0.3) is 0 Å². The predicted molar refractivity (Wildman–Crippen MR) is 15.7 cm³/mol. The Labute approximate surface area is 33.5 Å². The van der Waals surface area contributed by atoms with E-state index in [9.17, 15) is 0 Å². The third kappa shape index (κ3) is 0.769. The summed E-state index contributed by atoms with van der Waals surface area (Å²) in [6.07, 6.45) is 0. The van der Waals surface area contributed by atoms with Crippen molar-refractivity contribution in [3.8, 4) is 0 Å². The maximum absolute atomic E-state index is 4.42. The van der Waals surface area contributed by atoms with Gasteiger partial charge in [0.1, 0.15) is 0 Å². The lowest BCUT2D eigenvalue weighted by atomic mass is 11.5. The summed E-state index contributed by atoms with van der Waals surface area (Å²) >= 11 is 0.852. The standard InChI is InChI=1S/CH2O3S/c1-2-4-5-3-1/h1H2. The van der Waals surface area contributed by atoms with Crippen LogP contribution in [0.3, 0.4) is 0 Å². The van der Waals surface area contributed by atoms with E-state index in [4.69, 9.17) is 0 Å². The normalized spacial score (nSPS) is 24.0. The molecule has 0 amide bonds. The van der Waals surface area contributed by atoms with Gasteiger partial charge in [-0.05, 0) is 0 Å². The molecule has 0 spiro atoms. The summed E-state index contributed by atoms with van der Waals surface area (Å²) in [7, 11) is 0. The van der Waals surface area contributed by atoms with Crippen molar-refractivity contribution in [3.05, 3.63) is 0 Å². The minimum atomic E-state index is 0.241. The molecule has 1 saturated heterocycles. The number of hydrogen-bond acceptors (Lipinski definition) is 4. The van der Waals surface area contributed by atoms with Gasteiger partial charge in [-0.3, -0.25) is 4.18 Å². The van der Waals surface area contributed by atoms with Crippen LogP contribution in [0, 0.1) is 0 Å². The summed E-state index contributed by atoms with van der Waals surface area (Å²) in [5.74, 6) is 0. The summed E-state index contributed by atoms with van der Waals surface area (Å²) in [6, 6.07) is 0. The molecule has 1 aliphatic rings. The Morgan fingerprint density at radius 1 is 1.60 bits per heavy atom. The van der Waals surface area contributed by atoms with Gasteiger partial charge in [-0.15, -0.1) is 4.33 Å². The van der Waals surface area contributed by atoms with Gasteiger partial charge in [-0.1, -0.05) is 0 Å². The van der Waals surface area contributed by atoms with Crippen molar-refractivity contribution in [2.45, 2.75) is 0 Å². The van der Waals surface area contributed by atoms with Crippen LogP contribution < -0.4 is 0 Å². The average molecular weight is 94.1 g/mol. The van der Waals surface area contributed by atoms with E-state index in [1.54, 1.807) is 0 Å². The van der Waals surface area contributed by atoms with Crippen molar-refractivity contribution in [1.29, 1.82) is 0 Å². The monoisotopic (exact) mass is 94.0 g/mol. The zero-order valence-corrected chi connectivity index (χ0v) is 3.16. The minimum Gasteiger partial charge on any atom is -0.257 e. The maximum atomic E-state index is 4.42. The lowest BCUT2D eigenvalue weighted by Gasteiger charge is -1.69. The predicted octanol–water partition coefficient (Wildman–Crippen LogP) is 0.485. The summed E-state index contributed by atoms with van der Waals surface area (Å²) in [5, 5.41) is 0. The molecule has 0 radical (unpaired) electrons. The minimum absolute atomic E-state index is 0.241. The van der Waals surface area contributed by atoms with Crippen LogP contribution in [0.4, 0.5) is 0 Å². The average Bonchev–Trinajstić information content (AvgIpc) is 1.76. The Morgan fingerprint density at radius 2 is 2.60 bits per heavy atom. The Bertz CT molecular complexity index is 18.5. The summed E-state index contributed by atoms with van der Waals surface area (Å²) in [4.78, 5) is 4.19. The number of hydrogen-bond donors (Lipinski definition) is 0. The second kappa shape index (κ2) is 1.61. The van der Waals surface area contributed by atoms with Crippen molar-refractivity contribution in [3.63, 3.8) is 0 Å². The van der Waals surface area contributed by atoms with Crippen LogP contribution in [0.15, 0.2) is 0 Å². The van der Waals surface area contributed by atoms with E-state index in [1.165, 1.54) is 0 Å². The van der Waals surface area contributed by atoms with Gasteiger partial charge in [-0.25, -0.2) is 0 Å². The van der Waals surface area contributed by atoms with Gasteiger partial charge < -0.3 is 0 Å². The molecule has 0 N–H and O–H groups in total. The largest absolute Gasteiger partial charge is 0.257 e. The summed E-state index contributed by atoms with van der Waals surface area (Å²) in [6.45, 7) is 0.241. The molecule has 0 atom stereocenters. The van der Waals surface area contributed by atoms with Crippen LogP contribution in [0.2, 0.25) is 0 Å². The Balaban J connectivity index is 2.08. The van der Waals surface area contributed by atoms with E-state index in [1.807, 2.05) is 0 Å². The smallest absolute Gasteiger partial charge is 0.197 e. The quantitative estimate of drug-likeness (QED) is 0.322. The lowest BCUT2D eigenvalue weighted by Crippen LogP contribution is -1.74. The highest BCUT2D eigenvalue weighted by Gasteiger charge is 1.98. The molecule has 0 unspecified atom stereocenters. The first-order valence-electron chi connectivity index (χ1n) is 1.08. The molecule has 4 heteroatoms. The third-order valence-corrected chi connectivity index (χ3v) is 0.564. The van der Waals surface area contributed by atoms with Crippen molar-refractivity contribution < 1.29 is 13.4 Å². The van der Waals surface area contributed by atoms with E-state index in [-0.39, 0.29) is 6.79 Å². The molecular formula is CH2O3S. The highest BCUT2D eigenvalue weighted by Crippen LogP contribution is 2.11. The van der Waals surface area contributed by atoms with Crippen molar-refractivity contribution in [1.82, 2.24) is 0 Å². The zero-order valence-electron chi connectivity index (χ0n) is 2.34. The van der Waals surface area contributed by atoms with Crippen molar-refractivity contribution in [2.75, 3.05) is 6.79 Å². The van der Waals surface area contributed by atoms with Gasteiger partial charge in [0, 0.05) is 0 Å².